The van der Waals surface area contributed by atoms with Gasteiger partial charge in [0.15, 0.2) is 0 Å². The van der Waals surface area contributed by atoms with Crippen LogP contribution in [0.15, 0.2) is 48.5 Å². The third kappa shape index (κ3) is 5.62. The lowest BCUT2D eigenvalue weighted by Gasteiger charge is -2.29. The molecule has 2 nitrogen and oxygen atoms in total. The molecule has 0 unspecified atom stereocenters. The quantitative estimate of drug-likeness (QED) is 0.252. The number of hydrogen-bond donors (Lipinski definition) is 0. The summed E-state index contributed by atoms with van der Waals surface area (Å²) in [5, 5.41) is 0. The maximum Gasteiger partial charge on any atom is 0.133 e. The van der Waals surface area contributed by atoms with Crippen molar-refractivity contribution in [3.05, 3.63) is 115 Å². The molecule has 0 saturated carbocycles. The summed E-state index contributed by atoms with van der Waals surface area (Å²) < 4.78 is 12.9. The Bertz CT molecular complexity index is 1360. The minimum Gasteiger partial charge on any atom is -0.457 e. The summed E-state index contributed by atoms with van der Waals surface area (Å²) in [5.41, 5.74) is 14.6. The average molecular weight is 521 g/mol. The smallest absolute Gasteiger partial charge is 0.133 e. The fourth-order valence-corrected chi connectivity index (χ4v) is 5.46. The van der Waals surface area contributed by atoms with Crippen molar-refractivity contribution in [1.82, 2.24) is 0 Å². The van der Waals surface area contributed by atoms with Crippen molar-refractivity contribution in [1.29, 1.82) is 0 Å². The number of benzene rings is 4. The van der Waals surface area contributed by atoms with E-state index in [1.54, 1.807) is 0 Å². The molecule has 2 heteroatoms. The van der Waals surface area contributed by atoms with Crippen molar-refractivity contribution >= 4 is 0 Å². The van der Waals surface area contributed by atoms with E-state index >= 15 is 0 Å². The summed E-state index contributed by atoms with van der Waals surface area (Å²) in [6.07, 6.45) is 0. The normalized spacial score (nSPS) is 11.6. The van der Waals surface area contributed by atoms with Crippen LogP contribution in [0.2, 0.25) is 0 Å². The second kappa shape index (κ2) is 10.6. The third-order valence-electron chi connectivity index (χ3n) is 8.60. The van der Waals surface area contributed by atoms with Gasteiger partial charge < -0.3 is 9.47 Å². The van der Waals surface area contributed by atoms with Crippen LogP contribution in [0.1, 0.15) is 80.6 Å². The lowest BCUT2D eigenvalue weighted by atomic mass is 9.76. The molecule has 4 aromatic carbocycles. The maximum absolute atomic E-state index is 6.45. The third-order valence-corrected chi connectivity index (χ3v) is 8.60. The van der Waals surface area contributed by atoms with Gasteiger partial charge >= 0.3 is 0 Å². The van der Waals surface area contributed by atoms with E-state index in [0.717, 1.165) is 45.3 Å². The highest BCUT2D eigenvalue weighted by Crippen LogP contribution is 2.40. The molecule has 0 fully saturated rings. The van der Waals surface area contributed by atoms with E-state index in [4.69, 9.17) is 9.47 Å². The Balaban J connectivity index is 1.66. The van der Waals surface area contributed by atoms with E-state index in [2.05, 4.69) is 132 Å². The van der Waals surface area contributed by atoms with Gasteiger partial charge in [0.1, 0.15) is 23.0 Å². The van der Waals surface area contributed by atoms with Crippen LogP contribution in [0.3, 0.4) is 0 Å². The van der Waals surface area contributed by atoms with Gasteiger partial charge in [-0.2, -0.15) is 0 Å². The van der Waals surface area contributed by atoms with Gasteiger partial charge in [-0.1, -0.05) is 38.1 Å². The van der Waals surface area contributed by atoms with Crippen molar-refractivity contribution < 1.29 is 9.47 Å². The lowest BCUT2D eigenvalue weighted by Crippen LogP contribution is -2.20. The first-order valence-electron chi connectivity index (χ1n) is 13.9. The Labute approximate surface area is 236 Å². The minimum atomic E-state index is -0.184. The molecule has 0 saturated heterocycles. The summed E-state index contributed by atoms with van der Waals surface area (Å²) in [4.78, 5) is 0. The zero-order chi connectivity index (χ0) is 28.8. The summed E-state index contributed by atoms with van der Waals surface area (Å²) in [6, 6.07) is 17.7. The Morgan fingerprint density at radius 2 is 0.641 bits per heavy atom. The lowest BCUT2D eigenvalue weighted by molar-refractivity contribution is 0.472. The second-order valence-electron chi connectivity index (χ2n) is 12.1. The molecule has 4 rings (SSSR count). The molecule has 0 amide bonds. The molecule has 0 aliphatic rings. The largest absolute Gasteiger partial charge is 0.457 e. The summed E-state index contributed by atoms with van der Waals surface area (Å²) in [5.74, 6) is 3.68. The van der Waals surface area contributed by atoms with Crippen LogP contribution >= 0.6 is 0 Å². The molecule has 0 N–H and O–H groups in total. The summed E-state index contributed by atoms with van der Waals surface area (Å²) >= 11 is 0. The van der Waals surface area contributed by atoms with Gasteiger partial charge in [0.05, 0.1) is 0 Å². The van der Waals surface area contributed by atoms with Crippen molar-refractivity contribution in [2.75, 3.05) is 0 Å². The molecule has 0 aromatic heterocycles. The van der Waals surface area contributed by atoms with Crippen LogP contribution in [0.5, 0.6) is 23.0 Å². The molecule has 204 valence electrons. The van der Waals surface area contributed by atoms with E-state index in [9.17, 15) is 0 Å². The molecule has 39 heavy (non-hydrogen) atoms. The van der Waals surface area contributed by atoms with Gasteiger partial charge in [-0.3, -0.25) is 0 Å². The van der Waals surface area contributed by atoms with Gasteiger partial charge in [0.25, 0.3) is 0 Å². The number of rotatable bonds is 6. The standard InChI is InChI=1S/C37H44O2/c1-21-17-33(18-22(2)29(21)9)38-35-25(5)13-31(14-26(35)6)37(11,12)32-15-27(7)36(28(8)16-32)39-34-19-23(3)30(10)24(4)20-34/h13-20H,1-12H3. The Morgan fingerprint density at radius 1 is 0.385 bits per heavy atom. The fourth-order valence-electron chi connectivity index (χ4n) is 5.46. The number of hydrogen-bond acceptors (Lipinski definition) is 2. The predicted molar refractivity (Wildman–Crippen MR) is 165 cm³/mol. The topological polar surface area (TPSA) is 18.5 Å². The molecule has 4 aromatic rings. The van der Waals surface area contributed by atoms with Crippen molar-refractivity contribution in [3.63, 3.8) is 0 Å². The van der Waals surface area contributed by atoms with E-state index in [-0.39, 0.29) is 5.41 Å². The Kier molecular flexibility index (Phi) is 7.72. The number of aryl methyl sites for hydroxylation is 8. The summed E-state index contributed by atoms with van der Waals surface area (Å²) in [7, 11) is 0. The van der Waals surface area contributed by atoms with Crippen LogP contribution in [-0.2, 0) is 5.41 Å². The van der Waals surface area contributed by atoms with Crippen molar-refractivity contribution in [2.45, 2.75) is 88.5 Å². The van der Waals surface area contributed by atoms with Crippen molar-refractivity contribution in [3.8, 4) is 23.0 Å². The highest BCUT2D eigenvalue weighted by atomic mass is 16.5. The SMILES string of the molecule is Cc1cc(Oc2c(C)cc(C(C)(C)c3cc(C)c(Oc4cc(C)c(C)c(C)c4)c(C)c3)cc2C)cc(C)c1C. The van der Waals surface area contributed by atoms with Crippen LogP contribution in [0, 0.1) is 69.2 Å². The average Bonchev–Trinajstić information content (AvgIpc) is 2.85. The monoisotopic (exact) mass is 520 g/mol. The fraction of sp³-hybridized carbons (Fsp3) is 0.351. The van der Waals surface area contributed by atoms with E-state index in [0.29, 0.717) is 0 Å². The van der Waals surface area contributed by atoms with Crippen molar-refractivity contribution in [2.24, 2.45) is 0 Å². The predicted octanol–water partition coefficient (Wildman–Crippen LogP) is 10.7. The molecule has 0 radical (unpaired) electrons. The first-order chi connectivity index (χ1) is 18.2. The molecule has 0 spiro atoms. The van der Waals surface area contributed by atoms with Crippen LogP contribution in [-0.4, -0.2) is 0 Å². The van der Waals surface area contributed by atoms with Gasteiger partial charge in [-0.15, -0.1) is 0 Å². The molecule has 0 aliphatic carbocycles. The van der Waals surface area contributed by atoms with Gasteiger partial charge in [0.2, 0.25) is 0 Å². The van der Waals surface area contributed by atoms with Crippen LogP contribution < -0.4 is 9.47 Å². The van der Waals surface area contributed by atoms with Gasteiger partial charge in [-0.25, -0.2) is 0 Å². The highest BCUT2D eigenvalue weighted by molar-refractivity contribution is 5.54. The molecular formula is C37H44O2. The zero-order valence-corrected chi connectivity index (χ0v) is 25.9. The van der Waals surface area contributed by atoms with E-state index in [1.165, 1.54) is 44.5 Å². The highest BCUT2D eigenvalue weighted by Gasteiger charge is 2.26. The molecule has 0 heterocycles. The van der Waals surface area contributed by atoms with Crippen LogP contribution in [0.25, 0.3) is 0 Å². The Hall–Kier alpha value is -3.52. The van der Waals surface area contributed by atoms with Gasteiger partial charge in [0, 0.05) is 5.41 Å². The molecule has 0 bridgehead atoms. The van der Waals surface area contributed by atoms with E-state index < -0.39 is 0 Å². The minimum absolute atomic E-state index is 0.184. The Morgan fingerprint density at radius 3 is 0.897 bits per heavy atom. The molecule has 0 atom stereocenters. The van der Waals surface area contributed by atoms with E-state index in [1.807, 2.05) is 0 Å². The zero-order valence-electron chi connectivity index (χ0n) is 25.9. The first kappa shape index (κ1) is 28.5. The van der Waals surface area contributed by atoms with Gasteiger partial charge in [-0.05, 0) is 160 Å². The molecule has 0 aliphatic heterocycles. The second-order valence-corrected chi connectivity index (χ2v) is 12.1. The molecular weight excluding hydrogens is 476 g/mol. The first-order valence-corrected chi connectivity index (χ1v) is 13.9. The maximum atomic E-state index is 6.45. The number of ether oxygens (including phenoxy) is 2. The van der Waals surface area contributed by atoms with Crippen LogP contribution in [0.4, 0.5) is 0 Å². The summed E-state index contributed by atoms with van der Waals surface area (Å²) in [6.45, 7) is 26.1.